The maximum absolute atomic E-state index is 10.8. The van der Waals surface area contributed by atoms with E-state index in [9.17, 15) is 9.59 Å². The molecule has 0 saturated carbocycles. The van der Waals surface area contributed by atoms with Crippen molar-refractivity contribution in [3.05, 3.63) is 34.3 Å². The van der Waals surface area contributed by atoms with Crippen LogP contribution in [0, 0.1) is 0 Å². The SMILES string of the molecule is CC(=O)Nc1ccc(N=C/C(Cl)=C(\Cl)C(=O)O)cc1. The molecule has 0 aromatic heterocycles. The fraction of sp³-hybridized carbons (Fsp3) is 0.0833. The van der Waals surface area contributed by atoms with Gasteiger partial charge in [0.2, 0.25) is 5.91 Å². The number of hydrogen-bond donors (Lipinski definition) is 2. The van der Waals surface area contributed by atoms with Crippen LogP contribution in [0.5, 0.6) is 0 Å². The lowest BCUT2D eigenvalue weighted by molar-refractivity contribution is -0.131. The van der Waals surface area contributed by atoms with Crippen molar-refractivity contribution in [3.63, 3.8) is 0 Å². The Labute approximate surface area is 119 Å². The summed E-state index contributed by atoms with van der Waals surface area (Å²) in [5, 5.41) is 10.5. The Morgan fingerprint density at radius 1 is 1.26 bits per heavy atom. The van der Waals surface area contributed by atoms with E-state index < -0.39 is 11.0 Å². The first kappa shape index (κ1) is 15.2. The van der Waals surface area contributed by atoms with Crippen molar-refractivity contribution >= 4 is 52.7 Å². The van der Waals surface area contributed by atoms with Gasteiger partial charge < -0.3 is 10.4 Å². The first-order chi connectivity index (χ1) is 8.90. The first-order valence-electron chi connectivity index (χ1n) is 5.10. The number of aliphatic imine (C=N–C) groups is 1. The number of hydrogen-bond acceptors (Lipinski definition) is 3. The zero-order valence-corrected chi connectivity index (χ0v) is 11.4. The molecule has 0 aliphatic carbocycles. The fourth-order valence-corrected chi connectivity index (χ4v) is 1.30. The quantitative estimate of drug-likeness (QED) is 0.662. The van der Waals surface area contributed by atoms with Crippen molar-refractivity contribution in [1.82, 2.24) is 0 Å². The number of carbonyl (C=O) groups is 2. The van der Waals surface area contributed by atoms with Crippen LogP contribution in [0.15, 0.2) is 39.3 Å². The summed E-state index contributed by atoms with van der Waals surface area (Å²) in [7, 11) is 0. The predicted molar refractivity (Wildman–Crippen MR) is 75.3 cm³/mol. The smallest absolute Gasteiger partial charge is 0.348 e. The van der Waals surface area contributed by atoms with E-state index in [1.807, 2.05) is 0 Å². The van der Waals surface area contributed by atoms with Crippen LogP contribution < -0.4 is 5.32 Å². The van der Waals surface area contributed by atoms with Crippen molar-refractivity contribution in [3.8, 4) is 0 Å². The Bertz CT molecular complexity index is 551. The lowest BCUT2D eigenvalue weighted by Crippen LogP contribution is -2.04. The van der Waals surface area contributed by atoms with Gasteiger partial charge in [0, 0.05) is 18.8 Å². The van der Waals surface area contributed by atoms with Gasteiger partial charge in [-0.2, -0.15) is 0 Å². The third-order valence-electron chi connectivity index (χ3n) is 1.91. The van der Waals surface area contributed by atoms with Crippen molar-refractivity contribution in [2.75, 3.05) is 5.32 Å². The van der Waals surface area contributed by atoms with E-state index in [4.69, 9.17) is 28.3 Å². The lowest BCUT2D eigenvalue weighted by Gasteiger charge is -2.01. The number of nitrogens with zero attached hydrogens (tertiary/aromatic N) is 1. The Balaban J connectivity index is 2.81. The van der Waals surface area contributed by atoms with Crippen LogP contribution in [0.3, 0.4) is 0 Å². The Morgan fingerprint density at radius 3 is 2.32 bits per heavy atom. The number of allylic oxidation sites excluding steroid dienone is 1. The Hall–Kier alpha value is -1.85. The third-order valence-corrected chi connectivity index (χ3v) is 2.66. The molecule has 0 spiro atoms. The van der Waals surface area contributed by atoms with Crippen molar-refractivity contribution in [2.24, 2.45) is 4.99 Å². The standard InChI is InChI=1S/C12H10Cl2N2O3/c1-7(17)16-9-4-2-8(3-5-9)15-6-10(13)11(14)12(18)19/h2-6H,1H3,(H,16,17)(H,18,19)/b11-10+,15-6?. The van der Waals surface area contributed by atoms with Gasteiger partial charge in [-0.1, -0.05) is 23.2 Å². The maximum Gasteiger partial charge on any atom is 0.348 e. The van der Waals surface area contributed by atoms with Gasteiger partial charge in [-0.25, -0.2) is 4.79 Å². The number of benzene rings is 1. The maximum atomic E-state index is 10.8. The molecule has 1 aromatic carbocycles. The molecule has 0 saturated heterocycles. The molecule has 0 bridgehead atoms. The first-order valence-corrected chi connectivity index (χ1v) is 5.86. The number of amides is 1. The normalized spacial score (nSPS) is 12.2. The average molecular weight is 301 g/mol. The molecule has 2 N–H and O–H groups in total. The second-order valence-corrected chi connectivity index (χ2v) is 4.24. The summed E-state index contributed by atoms with van der Waals surface area (Å²) in [5.41, 5.74) is 1.18. The molecule has 0 aliphatic heterocycles. The lowest BCUT2D eigenvalue weighted by atomic mass is 10.3. The van der Waals surface area contributed by atoms with E-state index in [1.54, 1.807) is 24.3 Å². The molecule has 0 aliphatic rings. The van der Waals surface area contributed by atoms with Crippen LogP contribution in [0.4, 0.5) is 11.4 Å². The van der Waals surface area contributed by atoms with Gasteiger partial charge in [0.15, 0.2) is 0 Å². The van der Waals surface area contributed by atoms with Crippen LogP contribution in [0.25, 0.3) is 0 Å². The van der Waals surface area contributed by atoms with Crippen molar-refractivity contribution < 1.29 is 14.7 Å². The molecule has 0 atom stereocenters. The molecule has 0 radical (unpaired) electrons. The van der Waals surface area contributed by atoms with E-state index in [0.717, 1.165) is 6.21 Å². The van der Waals surface area contributed by atoms with E-state index in [-0.39, 0.29) is 10.9 Å². The highest BCUT2D eigenvalue weighted by molar-refractivity contribution is 6.51. The number of anilines is 1. The molecule has 7 heteroatoms. The van der Waals surface area contributed by atoms with Crippen LogP contribution in [0.2, 0.25) is 0 Å². The molecule has 0 heterocycles. The summed E-state index contributed by atoms with van der Waals surface area (Å²) >= 11 is 11.1. The molecule has 1 aromatic rings. The van der Waals surface area contributed by atoms with Gasteiger partial charge in [0.25, 0.3) is 0 Å². The van der Waals surface area contributed by atoms with E-state index in [1.165, 1.54) is 6.92 Å². The second-order valence-electron chi connectivity index (χ2n) is 3.45. The van der Waals surface area contributed by atoms with Gasteiger partial charge in [-0.15, -0.1) is 0 Å². The van der Waals surface area contributed by atoms with Gasteiger partial charge in [-0.05, 0) is 24.3 Å². The number of nitrogens with one attached hydrogen (secondary N) is 1. The van der Waals surface area contributed by atoms with Gasteiger partial charge in [0.1, 0.15) is 5.03 Å². The highest BCUT2D eigenvalue weighted by Gasteiger charge is 2.07. The number of carboxylic acid groups (broad SMARTS) is 1. The molecule has 5 nitrogen and oxygen atoms in total. The number of carbonyl (C=O) groups excluding carboxylic acids is 1. The molecule has 0 unspecified atom stereocenters. The predicted octanol–water partition coefficient (Wildman–Crippen LogP) is 3.12. The summed E-state index contributed by atoms with van der Waals surface area (Å²) in [4.78, 5) is 25.3. The molecule has 1 amide bonds. The van der Waals surface area contributed by atoms with Gasteiger partial charge in [0.05, 0.1) is 10.7 Å². The zero-order valence-electron chi connectivity index (χ0n) is 9.85. The molecule has 0 fully saturated rings. The van der Waals surface area contributed by atoms with E-state index >= 15 is 0 Å². The highest BCUT2D eigenvalue weighted by Crippen LogP contribution is 2.18. The van der Waals surface area contributed by atoms with Gasteiger partial charge >= 0.3 is 5.97 Å². The minimum atomic E-state index is -1.32. The van der Waals surface area contributed by atoms with Gasteiger partial charge in [-0.3, -0.25) is 9.79 Å². The number of aliphatic carboxylic acids is 1. The monoisotopic (exact) mass is 300 g/mol. The minimum absolute atomic E-state index is 0.167. The molecular formula is C12H10Cl2N2O3. The molecular weight excluding hydrogens is 291 g/mol. The Morgan fingerprint density at radius 2 is 1.84 bits per heavy atom. The number of rotatable bonds is 4. The van der Waals surface area contributed by atoms with Crippen LogP contribution in [-0.4, -0.2) is 23.2 Å². The number of carboxylic acids is 1. The topological polar surface area (TPSA) is 78.8 Å². The minimum Gasteiger partial charge on any atom is -0.477 e. The largest absolute Gasteiger partial charge is 0.477 e. The summed E-state index contributed by atoms with van der Waals surface area (Å²) in [5.74, 6) is -1.49. The molecule has 100 valence electrons. The Kier molecular flexibility index (Phi) is 5.54. The van der Waals surface area contributed by atoms with E-state index in [0.29, 0.717) is 11.4 Å². The molecule has 1 rings (SSSR count). The summed E-state index contributed by atoms with van der Waals surface area (Å²) in [6.07, 6.45) is 1.14. The third kappa shape index (κ3) is 5.11. The van der Waals surface area contributed by atoms with Crippen molar-refractivity contribution in [2.45, 2.75) is 6.92 Å². The highest BCUT2D eigenvalue weighted by atomic mass is 35.5. The van der Waals surface area contributed by atoms with Crippen LogP contribution >= 0.6 is 23.2 Å². The summed E-state index contributed by atoms with van der Waals surface area (Å²) in [6, 6.07) is 6.59. The second kappa shape index (κ2) is 6.92. The molecule has 19 heavy (non-hydrogen) atoms. The van der Waals surface area contributed by atoms with Crippen molar-refractivity contribution in [1.29, 1.82) is 0 Å². The zero-order chi connectivity index (χ0) is 14.4. The average Bonchev–Trinajstić information content (AvgIpc) is 2.35. The van der Waals surface area contributed by atoms with Crippen LogP contribution in [0.1, 0.15) is 6.92 Å². The number of halogens is 2. The van der Waals surface area contributed by atoms with Crippen LogP contribution in [-0.2, 0) is 9.59 Å². The van der Waals surface area contributed by atoms with E-state index in [2.05, 4.69) is 10.3 Å². The summed E-state index contributed by atoms with van der Waals surface area (Å²) < 4.78 is 0. The fourth-order valence-electron chi connectivity index (χ4n) is 1.12. The summed E-state index contributed by atoms with van der Waals surface area (Å²) in [6.45, 7) is 1.41.